The minimum Gasteiger partial charge on any atom is -0.326 e. The molecule has 0 unspecified atom stereocenters. The molecule has 0 radical (unpaired) electrons. The van der Waals surface area contributed by atoms with Gasteiger partial charge in [-0.05, 0) is 43.3 Å². The number of amides is 2. The van der Waals surface area contributed by atoms with Crippen molar-refractivity contribution in [1.82, 2.24) is 10.2 Å². The van der Waals surface area contributed by atoms with Crippen molar-refractivity contribution in [3.05, 3.63) is 53.7 Å². The summed E-state index contributed by atoms with van der Waals surface area (Å²) < 4.78 is 0. The SMILES string of the molecule is CC(=O)Nc1ccc(NC(=O)c2n[nH]c3ccc(C)cc23)cc1. The number of aromatic amines is 1. The van der Waals surface area contributed by atoms with Crippen molar-refractivity contribution in [1.29, 1.82) is 0 Å². The van der Waals surface area contributed by atoms with E-state index in [9.17, 15) is 9.59 Å². The molecule has 0 aliphatic heterocycles. The maximum absolute atomic E-state index is 12.4. The first kappa shape index (κ1) is 14.8. The third-order valence-electron chi connectivity index (χ3n) is 3.40. The Morgan fingerprint density at radius 2 is 1.65 bits per heavy atom. The first-order valence-electron chi connectivity index (χ1n) is 7.16. The van der Waals surface area contributed by atoms with Crippen LogP contribution in [0.25, 0.3) is 10.9 Å². The van der Waals surface area contributed by atoms with Gasteiger partial charge in [0.25, 0.3) is 5.91 Å². The summed E-state index contributed by atoms with van der Waals surface area (Å²) in [6.45, 7) is 3.41. The van der Waals surface area contributed by atoms with E-state index in [1.165, 1.54) is 6.92 Å². The van der Waals surface area contributed by atoms with E-state index >= 15 is 0 Å². The summed E-state index contributed by atoms with van der Waals surface area (Å²) in [5.74, 6) is -0.422. The highest BCUT2D eigenvalue weighted by Crippen LogP contribution is 2.19. The lowest BCUT2D eigenvalue weighted by Gasteiger charge is -2.06. The van der Waals surface area contributed by atoms with Crippen molar-refractivity contribution < 1.29 is 9.59 Å². The van der Waals surface area contributed by atoms with E-state index in [0.717, 1.165) is 16.5 Å². The molecule has 0 saturated heterocycles. The smallest absolute Gasteiger partial charge is 0.276 e. The van der Waals surface area contributed by atoms with Crippen LogP contribution >= 0.6 is 0 Å². The lowest BCUT2D eigenvalue weighted by atomic mass is 10.1. The van der Waals surface area contributed by atoms with E-state index in [0.29, 0.717) is 17.1 Å². The summed E-state index contributed by atoms with van der Waals surface area (Å²) in [6, 6.07) is 12.7. The van der Waals surface area contributed by atoms with Crippen LogP contribution in [0.3, 0.4) is 0 Å². The molecule has 1 aromatic heterocycles. The van der Waals surface area contributed by atoms with Crippen molar-refractivity contribution in [2.24, 2.45) is 0 Å². The van der Waals surface area contributed by atoms with Gasteiger partial charge in [0.15, 0.2) is 5.69 Å². The molecule has 0 spiro atoms. The normalized spacial score (nSPS) is 10.5. The van der Waals surface area contributed by atoms with Crippen molar-refractivity contribution in [3.63, 3.8) is 0 Å². The number of carbonyl (C=O) groups is 2. The monoisotopic (exact) mass is 308 g/mol. The number of aromatic nitrogens is 2. The average Bonchev–Trinajstić information content (AvgIpc) is 2.91. The van der Waals surface area contributed by atoms with Gasteiger partial charge in [0.2, 0.25) is 5.91 Å². The maximum atomic E-state index is 12.4. The van der Waals surface area contributed by atoms with Crippen molar-refractivity contribution in [2.75, 3.05) is 10.6 Å². The number of nitrogens with one attached hydrogen (secondary N) is 3. The van der Waals surface area contributed by atoms with Gasteiger partial charge in [-0.1, -0.05) is 11.6 Å². The first-order chi connectivity index (χ1) is 11.0. The van der Waals surface area contributed by atoms with Crippen LogP contribution in [0.15, 0.2) is 42.5 Å². The number of aryl methyl sites for hydroxylation is 1. The maximum Gasteiger partial charge on any atom is 0.276 e. The van der Waals surface area contributed by atoms with Crippen LogP contribution < -0.4 is 10.6 Å². The Kier molecular flexibility index (Phi) is 3.80. The number of hydrogen-bond donors (Lipinski definition) is 3. The third-order valence-corrected chi connectivity index (χ3v) is 3.40. The number of nitrogens with zero attached hydrogens (tertiary/aromatic N) is 1. The Morgan fingerprint density at radius 1 is 1.00 bits per heavy atom. The minimum absolute atomic E-state index is 0.139. The first-order valence-corrected chi connectivity index (χ1v) is 7.16. The van der Waals surface area contributed by atoms with Gasteiger partial charge in [0.05, 0.1) is 5.52 Å². The molecule has 2 amide bonds. The molecule has 3 N–H and O–H groups in total. The molecule has 0 bridgehead atoms. The zero-order chi connectivity index (χ0) is 16.4. The molecule has 6 nitrogen and oxygen atoms in total. The Morgan fingerprint density at radius 3 is 2.30 bits per heavy atom. The summed E-state index contributed by atoms with van der Waals surface area (Å²) >= 11 is 0. The van der Waals surface area contributed by atoms with E-state index in [-0.39, 0.29) is 11.8 Å². The lowest BCUT2D eigenvalue weighted by Crippen LogP contribution is -2.13. The molecular formula is C17H16N4O2. The highest BCUT2D eigenvalue weighted by Gasteiger charge is 2.14. The number of fused-ring (bicyclic) bond motifs is 1. The summed E-state index contributed by atoms with van der Waals surface area (Å²) in [5.41, 5.74) is 3.55. The van der Waals surface area contributed by atoms with Crippen molar-refractivity contribution >= 4 is 34.1 Å². The predicted molar refractivity (Wildman–Crippen MR) is 89.5 cm³/mol. The molecule has 0 aliphatic rings. The van der Waals surface area contributed by atoms with Crippen molar-refractivity contribution in [3.8, 4) is 0 Å². The Hall–Kier alpha value is -3.15. The number of benzene rings is 2. The van der Waals surface area contributed by atoms with Crippen LogP contribution in [0, 0.1) is 6.92 Å². The number of anilines is 2. The summed E-state index contributed by atoms with van der Waals surface area (Å²) in [6.07, 6.45) is 0. The van der Waals surface area contributed by atoms with Gasteiger partial charge < -0.3 is 10.6 Å². The van der Waals surface area contributed by atoms with E-state index in [1.807, 2.05) is 25.1 Å². The fourth-order valence-electron chi connectivity index (χ4n) is 2.33. The average molecular weight is 308 g/mol. The van der Waals surface area contributed by atoms with Gasteiger partial charge in [-0.25, -0.2) is 0 Å². The second-order valence-corrected chi connectivity index (χ2v) is 5.33. The molecule has 0 atom stereocenters. The molecular weight excluding hydrogens is 292 g/mol. The standard InChI is InChI=1S/C17H16N4O2/c1-10-3-8-15-14(9-10)16(21-20-15)17(23)19-13-6-4-12(5-7-13)18-11(2)22/h3-9H,1-2H3,(H,18,22)(H,19,23)(H,20,21). The van der Waals surface area contributed by atoms with Gasteiger partial charge in [0.1, 0.15) is 0 Å². The van der Waals surface area contributed by atoms with Crippen LogP contribution in [0.1, 0.15) is 23.0 Å². The fraction of sp³-hybridized carbons (Fsp3) is 0.118. The van der Waals surface area contributed by atoms with E-state index in [4.69, 9.17) is 0 Å². The van der Waals surface area contributed by atoms with Crippen molar-refractivity contribution in [2.45, 2.75) is 13.8 Å². The number of hydrogen-bond acceptors (Lipinski definition) is 3. The fourth-order valence-corrected chi connectivity index (χ4v) is 2.33. The zero-order valence-electron chi connectivity index (χ0n) is 12.8. The van der Waals surface area contributed by atoms with Gasteiger partial charge >= 0.3 is 0 Å². The molecule has 0 fully saturated rings. The molecule has 23 heavy (non-hydrogen) atoms. The molecule has 6 heteroatoms. The number of carbonyl (C=O) groups excluding carboxylic acids is 2. The Balaban J connectivity index is 1.80. The second-order valence-electron chi connectivity index (χ2n) is 5.33. The molecule has 116 valence electrons. The summed E-state index contributed by atoms with van der Waals surface area (Å²) in [5, 5.41) is 13.2. The highest BCUT2D eigenvalue weighted by molar-refractivity contribution is 6.11. The molecule has 3 aromatic rings. The summed E-state index contributed by atoms with van der Waals surface area (Å²) in [7, 11) is 0. The molecule has 0 aliphatic carbocycles. The zero-order valence-corrected chi connectivity index (χ0v) is 12.8. The van der Waals surface area contributed by atoms with Gasteiger partial charge in [0, 0.05) is 23.7 Å². The molecule has 0 saturated carbocycles. The predicted octanol–water partition coefficient (Wildman–Crippen LogP) is 3.08. The third kappa shape index (κ3) is 3.21. The van der Waals surface area contributed by atoms with E-state index in [1.54, 1.807) is 24.3 Å². The summed E-state index contributed by atoms with van der Waals surface area (Å²) in [4.78, 5) is 23.4. The van der Waals surface area contributed by atoms with E-state index < -0.39 is 0 Å². The Bertz CT molecular complexity index is 881. The largest absolute Gasteiger partial charge is 0.326 e. The second kappa shape index (κ2) is 5.92. The van der Waals surface area contributed by atoms with E-state index in [2.05, 4.69) is 20.8 Å². The molecule has 2 aromatic carbocycles. The van der Waals surface area contributed by atoms with Crippen LogP contribution in [-0.4, -0.2) is 22.0 Å². The quantitative estimate of drug-likeness (QED) is 0.695. The van der Waals surface area contributed by atoms with Gasteiger partial charge in [-0.2, -0.15) is 5.10 Å². The molecule has 1 heterocycles. The molecule has 3 rings (SSSR count). The lowest BCUT2D eigenvalue weighted by molar-refractivity contribution is -0.114. The topological polar surface area (TPSA) is 86.9 Å². The minimum atomic E-state index is -0.283. The number of rotatable bonds is 3. The van der Waals surface area contributed by atoms with Gasteiger partial charge in [-0.3, -0.25) is 14.7 Å². The highest BCUT2D eigenvalue weighted by atomic mass is 16.2. The van der Waals surface area contributed by atoms with Gasteiger partial charge in [-0.15, -0.1) is 0 Å². The van der Waals surface area contributed by atoms with Crippen LogP contribution in [0.2, 0.25) is 0 Å². The number of H-pyrrole nitrogens is 1. The van der Waals surface area contributed by atoms with Crippen LogP contribution in [0.4, 0.5) is 11.4 Å². The van der Waals surface area contributed by atoms with Crippen LogP contribution in [-0.2, 0) is 4.79 Å². The van der Waals surface area contributed by atoms with Crippen LogP contribution in [0.5, 0.6) is 0 Å². The Labute approximate surface area is 132 Å².